The van der Waals surface area contributed by atoms with Gasteiger partial charge in [0.2, 0.25) is 0 Å². The third-order valence-electron chi connectivity index (χ3n) is 3.69. The average molecular weight is 305 g/mol. The molecule has 0 unspecified atom stereocenters. The number of amides is 1. The van der Waals surface area contributed by atoms with Crippen LogP contribution in [0, 0.1) is 0 Å². The van der Waals surface area contributed by atoms with E-state index >= 15 is 0 Å². The molecule has 1 amide bonds. The molecule has 1 fully saturated rings. The molecule has 22 heavy (non-hydrogen) atoms. The number of nitrogens with zero attached hydrogens (tertiary/aromatic N) is 1. The minimum absolute atomic E-state index is 0.206. The third kappa shape index (κ3) is 5.56. The second-order valence-corrected chi connectivity index (χ2v) is 6.94. The molecule has 1 heterocycles. The van der Waals surface area contributed by atoms with Gasteiger partial charge in [0, 0.05) is 31.4 Å². The topological polar surface area (TPSA) is 67.6 Å². The molecule has 0 atom stereocenters. The van der Waals surface area contributed by atoms with Crippen molar-refractivity contribution in [3.63, 3.8) is 0 Å². The van der Waals surface area contributed by atoms with Crippen molar-refractivity contribution in [1.29, 1.82) is 0 Å². The van der Waals surface area contributed by atoms with Gasteiger partial charge in [0.15, 0.2) is 0 Å². The van der Waals surface area contributed by atoms with Crippen LogP contribution < -0.4 is 11.1 Å². The van der Waals surface area contributed by atoms with Gasteiger partial charge in [-0.05, 0) is 51.3 Å². The Morgan fingerprint density at radius 3 is 2.41 bits per heavy atom. The predicted molar refractivity (Wildman–Crippen MR) is 88.5 cm³/mol. The number of ether oxygens (including phenoxy) is 1. The quantitative estimate of drug-likeness (QED) is 0.843. The number of likely N-dealkylation sites (tertiary alicyclic amines) is 1. The molecule has 1 aromatic rings. The lowest BCUT2D eigenvalue weighted by molar-refractivity contribution is 0.0477. The number of hydrogen-bond donors (Lipinski definition) is 2. The van der Waals surface area contributed by atoms with E-state index < -0.39 is 5.60 Å². The number of nitrogens with two attached hydrogens (primary N) is 1. The normalized spacial score (nSPS) is 17.2. The molecule has 5 heteroatoms. The van der Waals surface area contributed by atoms with Gasteiger partial charge in [-0.15, -0.1) is 0 Å². The summed E-state index contributed by atoms with van der Waals surface area (Å²) in [5.41, 5.74) is 7.32. The fourth-order valence-corrected chi connectivity index (χ4v) is 2.59. The summed E-state index contributed by atoms with van der Waals surface area (Å²) in [5.74, 6) is 0. The number of nitrogen functional groups attached to an aromatic ring is 1. The number of anilines is 1. The molecule has 0 spiro atoms. The summed E-state index contributed by atoms with van der Waals surface area (Å²) in [7, 11) is 0. The number of piperidine rings is 1. The van der Waals surface area contributed by atoms with Crippen LogP contribution >= 0.6 is 0 Å². The number of rotatable bonds is 3. The Balaban J connectivity index is 1.73. The SMILES string of the molecule is CC(C)(C)OC(=O)NC1CCN(Cc2ccc(N)cc2)CC1. The van der Waals surface area contributed by atoms with E-state index in [1.54, 1.807) is 0 Å². The maximum absolute atomic E-state index is 11.8. The first-order chi connectivity index (χ1) is 10.3. The van der Waals surface area contributed by atoms with E-state index in [1.165, 1.54) is 5.56 Å². The van der Waals surface area contributed by atoms with Gasteiger partial charge in [-0.1, -0.05) is 12.1 Å². The maximum Gasteiger partial charge on any atom is 0.407 e. The lowest BCUT2D eigenvalue weighted by Gasteiger charge is -2.32. The summed E-state index contributed by atoms with van der Waals surface area (Å²) in [6.45, 7) is 8.51. The van der Waals surface area contributed by atoms with Crippen molar-refractivity contribution in [2.45, 2.75) is 51.8 Å². The molecule has 5 nitrogen and oxygen atoms in total. The van der Waals surface area contributed by atoms with Gasteiger partial charge in [0.25, 0.3) is 0 Å². The molecule has 1 aliphatic heterocycles. The zero-order valence-electron chi connectivity index (χ0n) is 13.8. The van der Waals surface area contributed by atoms with E-state index in [1.807, 2.05) is 32.9 Å². The van der Waals surface area contributed by atoms with Crippen LogP contribution in [0.25, 0.3) is 0 Å². The van der Waals surface area contributed by atoms with Crippen LogP contribution in [0.1, 0.15) is 39.2 Å². The highest BCUT2D eigenvalue weighted by molar-refractivity contribution is 5.68. The van der Waals surface area contributed by atoms with Crippen LogP contribution in [0.15, 0.2) is 24.3 Å². The van der Waals surface area contributed by atoms with Crippen LogP contribution in [0.4, 0.5) is 10.5 Å². The van der Waals surface area contributed by atoms with Gasteiger partial charge < -0.3 is 15.8 Å². The number of nitrogens with one attached hydrogen (secondary N) is 1. The van der Waals surface area contributed by atoms with Gasteiger partial charge >= 0.3 is 6.09 Å². The summed E-state index contributed by atoms with van der Waals surface area (Å²) >= 11 is 0. The van der Waals surface area contributed by atoms with Gasteiger partial charge in [-0.3, -0.25) is 4.90 Å². The van der Waals surface area contributed by atoms with E-state index in [0.29, 0.717) is 0 Å². The lowest BCUT2D eigenvalue weighted by Crippen LogP contribution is -2.45. The Labute approximate surface area is 132 Å². The van der Waals surface area contributed by atoms with Gasteiger partial charge in [-0.2, -0.15) is 0 Å². The number of carbonyl (C=O) groups is 1. The van der Waals surface area contributed by atoms with Crippen LogP contribution in [0.2, 0.25) is 0 Å². The minimum atomic E-state index is -0.445. The summed E-state index contributed by atoms with van der Waals surface area (Å²) in [6, 6.07) is 8.22. The molecular weight excluding hydrogens is 278 g/mol. The largest absolute Gasteiger partial charge is 0.444 e. The van der Waals surface area contributed by atoms with Gasteiger partial charge in [0.05, 0.1) is 0 Å². The first kappa shape index (κ1) is 16.6. The summed E-state index contributed by atoms with van der Waals surface area (Å²) in [6.07, 6.45) is 1.59. The Hall–Kier alpha value is -1.75. The second-order valence-electron chi connectivity index (χ2n) is 6.94. The van der Waals surface area contributed by atoms with Crippen molar-refractivity contribution < 1.29 is 9.53 Å². The number of benzene rings is 1. The van der Waals surface area contributed by atoms with Crippen molar-refractivity contribution in [1.82, 2.24) is 10.2 Å². The molecule has 2 rings (SSSR count). The zero-order valence-corrected chi connectivity index (χ0v) is 13.8. The first-order valence-corrected chi connectivity index (χ1v) is 7.88. The molecule has 0 aromatic heterocycles. The Kier molecular flexibility index (Phi) is 5.29. The molecule has 1 aliphatic rings. The Morgan fingerprint density at radius 1 is 1.27 bits per heavy atom. The van der Waals surface area contributed by atoms with E-state index in [0.717, 1.165) is 38.2 Å². The second kappa shape index (κ2) is 7.01. The Bertz CT molecular complexity index is 486. The summed E-state index contributed by atoms with van der Waals surface area (Å²) < 4.78 is 5.30. The van der Waals surface area contributed by atoms with E-state index in [9.17, 15) is 4.79 Å². The summed E-state index contributed by atoms with van der Waals surface area (Å²) in [4.78, 5) is 14.2. The van der Waals surface area contributed by atoms with Crippen LogP contribution in [0.3, 0.4) is 0 Å². The van der Waals surface area contributed by atoms with E-state index in [4.69, 9.17) is 10.5 Å². The first-order valence-electron chi connectivity index (χ1n) is 7.88. The van der Waals surface area contributed by atoms with Crippen molar-refractivity contribution in [2.24, 2.45) is 0 Å². The van der Waals surface area contributed by atoms with Crippen LogP contribution in [-0.2, 0) is 11.3 Å². The molecule has 0 aliphatic carbocycles. The molecule has 1 saturated heterocycles. The van der Waals surface area contributed by atoms with Crippen molar-refractivity contribution in [3.8, 4) is 0 Å². The molecule has 0 bridgehead atoms. The molecule has 122 valence electrons. The molecular formula is C17H27N3O2. The van der Waals surface area contributed by atoms with Crippen LogP contribution in [-0.4, -0.2) is 35.7 Å². The van der Waals surface area contributed by atoms with Gasteiger partial charge in [0.1, 0.15) is 5.60 Å². The standard InChI is InChI=1S/C17H27N3O2/c1-17(2,3)22-16(21)19-15-8-10-20(11-9-15)12-13-4-6-14(18)7-5-13/h4-7,15H,8-12,18H2,1-3H3,(H,19,21). The maximum atomic E-state index is 11.8. The third-order valence-corrected chi connectivity index (χ3v) is 3.69. The average Bonchev–Trinajstić information content (AvgIpc) is 2.41. The minimum Gasteiger partial charge on any atom is -0.444 e. The zero-order chi connectivity index (χ0) is 16.2. The highest BCUT2D eigenvalue weighted by atomic mass is 16.6. The van der Waals surface area contributed by atoms with Crippen LogP contribution in [0.5, 0.6) is 0 Å². The molecule has 1 aromatic carbocycles. The van der Waals surface area contributed by atoms with E-state index in [2.05, 4.69) is 22.3 Å². The lowest BCUT2D eigenvalue weighted by atomic mass is 10.0. The van der Waals surface area contributed by atoms with Crippen molar-refractivity contribution >= 4 is 11.8 Å². The highest BCUT2D eigenvalue weighted by Gasteiger charge is 2.23. The number of carbonyl (C=O) groups excluding carboxylic acids is 1. The van der Waals surface area contributed by atoms with Gasteiger partial charge in [-0.25, -0.2) is 4.79 Å². The fraction of sp³-hybridized carbons (Fsp3) is 0.588. The highest BCUT2D eigenvalue weighted by Crippen LogP contribution is 2.15. The Morgan fingerprint density at radius 2 is 1.86 bits per heavy atom. The van der Waals surface area contributed by atoms with Crippen molar-refractivity contribution in [3.05, 3.63) is 29.8 Å². The predicted octanol–water partition coefficient (Wildman–Crippen LogP) is 2.76. The number of alkyl carbamates (subject to hydrolysis) is 1. The van der Waals surface area contributed by atoms with E-state index in [-0.39, 0.29) is 12.1 Å². The smallest absolute Gasteiger partial charge is 0.407 e. The molecule has 3 N–H and O–H groups in total. The fourth-order valence-electron chi connectivity index (χ4n) is 2.59. The van der Waals surface area contributed by atoms with Crippen molar-refractivity contribution in [2.75, 3.05) is 18.8 Å². The molecule has 0 radical (unpaired) electrons. The molecule has 0 saturated carbocycles. The monoisotopic (exact) mass is 305 g/mol. The summed E-state index contributed by atoms with van der Waals surface area (Å²) in [5, 5.41) is 2.96. The number of hydrogen-bond acceptors (Lipinski definition) is 4.